The molecule has 0 unspecified atom stereocenters. The molecule has 4 rings (SSSR count). The van der Waals surface area contributed by atoms with Crippen LogP contribution in [0, 0.1) is 6.92 Å². The summed E-state index contributed by atoms with van der Waals surface area (Å²) in [7, 11) is -3.80. The summed E-state index contributed by atoms with van der Waals surface area (Å²) < 4.78 is 29.1. The summed E-state index contributed by atoms with van der Waals surface area (Å²) >= 11 is 5.35. The second kappa shape index (κ2) is 9.76. The fraction of sp³-hybridized carbons (Fsp3) is 0.0909. The Kier molecular flexibility index (Phi) is 6.61. The van der Waals surface area contributed by atoms with Crippen LogP contribution >= 0.6 is 12.2 Å². The van der Waals surface area contributed by atoms with E-state index >= 15 is 0 Å². The van der Waals surface area contributed by atoms with Crippen LogP contribution in [0.5, 0.6) is 0 Å². The number of nitrogens with zero attached hydrogens (tertiary/aromatic N) is 4. The van der Waals surface area contributed by atoms with Crippen LogP contribution in [0.15, 0.2) is 84.1 Å². The van der Waals surface area contributed by atoms with Crippen molar-refractivity contribution in [2.45, 2.75) is 18.4 Å². The highest BCUT2D eigenvalue weighted by molar-refractivity contribution is 7.92. The van der Waals surface area contributed by atoms with Gasteiger partial charge in [-0.25, -0.2) is 23.1 Å². The van der Waals surface area contributed by atoms with Crippen molar-refractivity contribution in [2.75, 3.05) is 15.4 Å². The molecule has 2 aromatic carbocycles. The summed E-state index contributed by atoms with van der Waals surface area (Å²) in [6.07, 6.45) is 4.79. The lowest BCUT2D eigenvalue weighted by atomic mass is 10.1. The van der Waals surface area contributed by atoms with Gasteiger partial charge in [0.05, 0.1) is 11.4 Å². The number of hydrogen-bond donors (Lipinski definition) is 3. The van der Waals surface area contributed by atoms with Crippen LogP contribution in [0.1, 0.15) is 11.1 Å². The van der Waals surface area contributed by atoms with Crippen LogP contribution in [0.2, 0.25) is 0 Å². The molecule has 0 spiro atoms. The second-order valence-corrected chi connectivity index (χ2v) is 9.20. The Morgan fingerprint density at radius 1 is 0.970 bits per heavy atom. The monoisotopic (exact) mass is 479 g/mol. The van der Waals surface area contributed by atoms with Gasteiger partial charge in [0.2, 0.25) is 5.95 Å². The van der Waals surface area contributed by atoms with Gasteiger partial charge in [-0.15, -0.1) is 0 Å². The molecule has 11 heteroatoms. The number of thiocarbonyl (C=S) groups is 1. The highest BCUT2D eigenvalue weighted by Crippen LogP contribution is 2.17. The number of nitrogens with one attached hydrogen (secondary N) is 3. The van der Waals surface area contributed by atoms with E-state index in [4.69, 9.17) is 12.2 Å². The lowest BCUT2D eigenvalue weighted by Gasteiger charge is -2.10. The van der Waals surface area contributed by atoms with Gasteiger partial charge < -0.3 is 10.6 Å². The van der Waals surface area contributed by atoms with Crippen molar-refractivity contribution in [1.82, 2.24) is 19.7 Å². The predicted octanol–water partition coefficient (Wildman–Crippen LogP) is 3.64. The molecule has 168 valence electrons. The summed E-state index contributed by atoms with van der Waals surface area (Å²) in [5.41, 5.74) is 3.02. The minimum atomic E-state index is -3.80. The quantitative estimate of drug-likeness (QED) is 0.344. The molecule has 2 aromatic heterocycles. The molecule has 2 heterocycles. The number of anilines is 3. The molecular formula is C22H21N7O2S2. The first-order valence-corrected chi connectivity index (χ1v) is 11.8. The van der Waals surface area contributed by atoms with Crippen LogP contribution < -0.4 is 15.4 Å². The molecule has 0 bridgehead atoms. The first-order valence-electron chi connectivity index (χ1n) is 9.95. The van der Waals surface area contributed by atoms with E-state index in [-0.39, 0.29) is 10.8 Å². The zero-order valence-electron chi connectivity index (χ0n) is 17.6. The summed E-state index contributed by atoms with van der Waals surface area (Å²) in [6.45, 7) is 2.73. The summed E-state index contributed by atoms with van der Waals surface area (Å²) in [6, 6.07) is 17.8. The average Bonchev–Trinajstić information content (AvgIpc) is 3.22. The smallest absolute Gasteiger partial charge is 0.264 e. The van der Waals surface area contributed by atoms with Crippen molar-refractivity contribution in [3.63, 3.8) is 0 Å². The van der Waals surface area contributed by atoms with Gasteiger partial charge in [0.1, 0.15) is 0 Å². The predicted molar refractivity (Wildman–Crippen MR) is 132 cm³/mol. The van der Waals surface area contributed by atoms with E-state index in [1.54, 1.807) is 18.2 Å². The third-order valence-corrected chi connectivity index (χ3v) is 6.24. The maximum atomic E-state index is 12.5. The standard InChI is InChI=1S/C22H21N7O2S2/c1-16-5-2-3-6-17(16)15-29-14-11-20(27-29)26-22(32)25-18-7-9-19(10-8-18)33(30,31)28-21-23-12-4-13-24-21/h2-14H,15H2,1H3,(H,23,24,28)(H2,25,26,27,32). The number of hydrogen-bond acceptors (Lipinski definition) is 6. The highest BCUT2D eigenvalue weighted by Gasteiger charge is 2.15. The van der Waals surface area contributed by atoms with Gasteiger partial charge >= 0.3 is 0 Å². The molecule has 0 saturated heterocycles. The molecule has 0 amide bonds. The third-order valence-electron chi connectivity index (χ3n) is 4.69. The number of rotatable bonds is 7. The summed E-state index contributed by atoms with van der Waals surface area (Å²) in [5.74, 6) is 0.610. The van der Waals surface area contributed by atoms with Crippen LogP contribution in [0.4, 0.5) is 17.5 Å². The topological polar surface area (TPSA) is 114 Å². The maximum Gasteiger partial charge on any atom is 0.264 e. The summed E-state index contributed by atoms with van der Waals surface area (Å²) in [4.78, 5) is 7.82. The molecule has 0 atom stereocenters. The van der Waals surface area contributed by atoms with Gasteiger partial charge in [0, 0.05) is 30.3 Å². The van der Waals surface area contributed by atoms with E-state index in [1.807, 2.05) is 29.1 Å². The Labute approximate surface area is 197 Å². The molecule has 0 aliphatic rings. The Bertz CT molecular complexity index is 1360. The van der Waals surface area contributed by atoms with Gasteiger partial charge in [-0.3, -0.25) is 4.68 Å². The Morgan fingerprint density at radius 2 is 1.70 bits per heavy atom. The molecule has 0 aliphatic heterocycles. The molecule has 0 aliphatic carbocycles. The zero-order chi connectivity index (χ0) is 23.3. The Hall–Kier alpha value is -3.83. The van der Waals surface area contributed by atoms with Crippen LogP contribution in [-0.4, -0.2) is 33.3 Å². The Balaban J connectivity index is 1.34. The van der Waals surface area contributed by atoms with Gasteiger partial charge in [-0.2, -0.15) is 5.10 Å². The van der Waals surface area contributed by atoms with E-state index in [1.165, 1.54) is 35.7 Å². The van der Waals surface area contributed by atoms with Crippen LogP contribution in [0.3, 0.4) is 0 Å². The van der Waals surface area contributed by atoms with Crippen molar-refractivity contribution >= 4 is 44.8 Å². The summed E-state index contributed by atoms with van der Waals surface area (Å²) in [5, 5.41) is 10.9. The van der Waals surface area contributed by atoms with E-state index < -0.39 is 10.0 Å². The minimum absolute atomic E-state index is 0.00643. The maximum absolute atomic E-state index is 12.5. The Morgan fingerprint density at radius 3 is 2.42 bits per heavy atom. The molecular weight excluding hydrogens is 458 g/mol. The van der Waals surface area contributed by atoms with Crippen molar-refractivity contribution in [2.24, 2.45) is 0 Å². The number of aryl methyl sites for hydroxylation is 1. The third kappa shape index (κ3) is 5.90. The van der Waals surface area contributed by atoms with Crippen molar-refractivity contribution < 1.29 is 8.42 Å². The van der Waals surface area contributed by atoms with Crippen LogP contribution in [0.25, 0.3) is 0 Å². The lowest BCUT2D eigenvalue weighted by Crippen LogP contribution is -2.20. The van der Waals surface area contributed by atoms with Crippen molar-refractivity contribution in [3.05, 3.63) is 90.4 Å². The fourth-order valence-corrected chi connectivity index (χ4v) is 4.19. The van der Waals surface area contributed by atoms with E-state index in [0.29, 0.717) is 23.2 Å². The number of aromatic nitrogens is 4. The van der Waals surface area contributed by atoms with Crippen molar-refractivity contribution in [3.8, 4) is 0 Å². The van der Waals surface area contributed by atoms with Gasteiger partial charge in [-0.05, 0) is 60.6 Å². The normalized spacial score (nSPS) is 11.1. The van der Waals surface area contributed by atoms with Gasteiger partial charge in [-0.1, -0.05) is 24.3 Å². The van der Waals surface area contributed by atoms with E-state index in [9.17, 15) is 8.42 Å². The SMILES string of the molecule is Cc1ccccc1Cn1ccc(NC(=S)Nc2ccc(S(=O)(=O)Nc3ncccn3)cc2)n1. The molecule has 4 aromatic rings. The molecule has 0 radical (unpaired) electrons. The van der Waals surface area contributed by atoms with Crippen LogP contribution in [-0.2, 0) is 16.6 Å². The second-order valence-electron chi connectivity index (χ2n) is 7.11. The number of benzene rings is 2. The fourth-order valence-electron chi connectivity index (χ4n) is 3.01. The first kappa shape index (κ1) is 22.4. The average molecular weight is 480 g/mol. The van der Waals surface area contributed by atoms with Crippen molar-refractivity contribution in [1.29, 1.82) is 0 Å². The van der Waals surface area contributed by atoms with Gasteiger partial charge in [0.15, 0.2) is 10.9 Å². The largest absolute Gasteiger partial charge is 0.332 e. The van der Waals surface area contributed by atoms with E-state index in [0.717, 1.165) is 0 Å². The minimum Gasteiger partial charge on any atom is -0.332 e. The number of sulfonamides is 1. The zero-order valence-corrected chi connectivity index (χ0v) is 19.3. The van der Waals surface area contributed by atoms with E-state index in [2.05, 4.69) is 49.5 Å². The first-order chi connectivity index (χ1) is 15.9. The molecule has 0 fully saturated rings. The molecule has 0 saturated carbocycles. The highest BCUT2D eigenvalue weighted by atomic mass is 32.2. The molecule has 3 N–H and O–H groups in total. The van der Waals surface area contributed by atoms with Gasteiger partial charge in [0.25, 0.3) is 10.0 Å². The molecule has 33 heavy (non-hydrogen) atoms. The molecule has 9 nitrogen and oxygen atoms in total. The lowest BCUT2D eigenvalue weighted by molar-refractivity contribution is 0.601.